The van der Waals surface area contributed by atoms with Gasteiger partial charge < -0.3 is 9.32 Å². The Labute approximate surface area is 128 Å². The minimum absolute atomic E-state index is 0.214. The van der Waals surface area contributed by atoms with E-state index in [1.54, 1.807) is 17.4 Å². The third-order valence-corrected chi connectivity index (χ3v) is 4.10. The highest BCUT2D eigenvalue weighted by molar-refractivity contribution is 7.10. The van der Waals surface area contributed by atoms with E-state index in [1.165, 1.54) is 11.1 Å². The molecule has 0 aliphatic heterocycles. The van der Waals surface area contributed by atoms with Gasteiger partial charge >= 0.3 is 0 Å². The molecule has 0 aromatic carbocycles. The van der Waals surface area contributed by atoms with E-state index in [9.17, 15) is 4.79 Å². The lowest BCUT2D eigenvalue weighted by atomic mass is 10.1. The lowest BCUT2D eigenvalue weighted by Crippen LogP contribution is -2.16. The molecule has 0 bridgehead atoms. The lowest BCUT2D eigenvalue weighted by Gasteiger charge is -2.05. The van der Waals surface area contributed by atoms with E-state index >= 15 is 0 Å². The van der Waals surface area contributed by atoms with Gasteiger partial charge in [0.1, 0.15) is 5.76 Å². The first-order chi connectivity index (χ1) is 9.97. The highest BCUT2D eigenvalue weighted by atomic mass is 32.1. The molecule has 112 valence electrons. The Morgan fingerprint density at radius 3 is 2.76 bits per heavy atom. The van der Waals surface area contributed by atoms with Crippen molar-refractivity contribution < 1.29 is 9.21 Å². The van der Waals surface area contributed by atoms with Crippen LogP contribution >= 0.6 is 11.3 Å². The zero-order valence-electron chi connectivity index (χ0n) is 12.6. The highest BCUT2D eigenvalue weighted by Gasteiger charge is 2.09. The van der Waals surface area contributed by atoms with Gasteiger partial charge in [-0.2, -0.15) is 5.10 Å². The van der Waals surface area contributed by atoms with E-state index in [2.05, 4.69) is 24.4 Å². The molecule has 1 amide bonds. The van der Waals surface area contributed by atoms with Crippen LogP contribution in [0.15, 0.2) is 33.1 Å². The van der Waals surface area contributed by atoms with Crippen LogP contribution in [0.2, 0.25) is 0 Å². The molecule has 2 rings (SSSR count). The Balaban J connectivity index is 1.94. The van der Waals surface area contributed by atoms with E-state index in [4.69, 9.17) is 4.42 Å². The Bertz CT molecular complexity index is 641. The van der Waals surface area contributed by atoms with Gasteiger partial charge in [0.15, 0.2) is 5.88 Å². The van der Waals surface area contributed by atoms with Gasteiger partial charge in [0.2, 0.25) is 0 Å². The molecule has 0 aliphatic rings. The zero-order valence-corrected chi connectivity index (χ0v) is 13.4. The third kappa shape index (κ3) is 3.95. The molecule has 5 nitrogen and oxygen atoms in total. The van der Waals surface area contributed by atoms with Crippen LogP contribution in [0.5, 0.6) is 0 Å². The quantitative estimate of drug-likeness (QED) is 0.681. The van der Waals surface area contributed by atoms with Gasteiger partial charge in [0, 0.05) is 30.4 Å². The van der Waals surface area contributed by atoms with Crippen molar-refractivity contribution in [3.05, 3.63) is 39.8 Å². The van der Waals surface area contributed by atoms with Crippen molar-refractivity contribution in [1.29, 1.82) is 0 Å². The molecule has 21 heavy (non-hydrogen) atoms. The van der Waals surface area contributed by atoms with Crippen LogP contribution in [0, 0.1) is 0 Å². The van der Waals surface area contributed by atoms with Crippen LogP contribution in [0.4, 0.5) is 5.88 Å². The highest BCUT2D eigenvalue weighted by Crippen LogP contribution is 2.23. The van der Waals surface area contributed by atoms with E-state index < -0.39 is 0 Å². The second-order valence-corrected chi connectivity index (χ2v) is 6.10. The predicted octanol–water partition coefficient (Wildman–Crippen LogP) is 3.29. The fourth-order valence-electron chi connectivity index (χ4n) is 1.65. The number of carbonyl (C=O) groups excluding carboxylic acids is 1. The van der Waals surface area contributed by atoms with Gasteiger partial charge in [-0.1, -0.05) is 13.8 Å². The van der Waals surface area contributed by atoms with Gasteiger partial charge in [-0.25, -0.2) is 5.43 Å². The molecule has 0 unspecified atom stereocenters. The number of nitrogens with zero attached hydrogens (tertiary/aromatic N) is 2. The van der Waals surface area contributed by atoms with Crippen molar-refractivity contribution in [1.82, 2.24) is 5.43 Å². The Morgan fingerprint density at radius 1 is 1.43 bits per heavy atom. The van der Waals surface area contributed by atoms with Crippen LogP contribution in [0.1, 0.15) is 40.8 Å². The number of nitrogens with one attached hydrogen (secondary N) is 1. The number of hydrazone groups is 1. The van der Waals surface area contributed by atoms with Gasteiger partial charge in [0.25, 0.3) is 5.91 Å². The van der Waals surface area contributed by atoms with Crippen molar-refractivity contribution in [3.8, 4) is 0 Å². The summed E-state index contributed by atoms with van der Waals surface area (Å²) in [5, 5.41) is 5.76. The molecule has 2 heterocycles. The van der Waals surface area contributed by atoms with Crippen LogP contribution in [-0.4, -0.2) is 26.2 Å². The monoisotopic (exact) mass is 305 g/mol. The largest absolute Gasteiger partial charge is 0.440 e. The summed E-state index contributed by atoms with van der Waals surface area (Å²) in [6, 6.07) is 5.54. The van der Waals surface area contributed by atoms with Crippen LogP contribution in [0.25, 0.3) is 0 Å². The zero-order chi connectivity index (χ0) is 15.4. The molecule has 0 saturated heterocycles. The Morgan fingerprint density at radius 2 is 2.19 bits per heavy atom. The van der Waals surface area contributed by atoms with E-state index in [-0.39, 0.29) is 5.91 Å². The second kappa shape index (κ2) is 6.58. The lowest BCUT2D eigenvalue weighted by molar-refractivity contribution is 0.0955. The molecular weight excluding hydrogens is 286 g/mol. The first kappa shape index (κ1) is 15.3. The smallest absolute Gasteiger partial charge is 0.272 e. The summed E-state index contributed by atoms with van der Waals surface area (Å²) in [5.74, 6) is 1.54. The maximum Gasteiger partial charge on any atom is 0.272 e. The number of furan rings is 1. The minimum atomic E-state index is -0.214. The van der Waals surface area contributed by atoms with Gasteiger partial charge in [-0.15, -0.1) is 11.3 Å². The summed E-state index contributed by atoms with van der Waals surface area (Å²) >= 11 is 1.59. The summed E-state index contributed by atoms with van der Waals surface area (Å²) < 4.78 is 5.50. The maximum atomic E-state index is 11.9. The summed E-state index contributed by atoms with van der Waals surface area (Å²) in [7, 11) is 3.79. The average molecular weight is 305 g/mol. The first-order valence-electron chi connectivity index (χ1n) is 6.66. The molecule has 0 saturated carbocycles. The molecule has 1 N–H and O–H groups in total. The standard InChI is InChI=1S/C15H19N3O2S/c1-10(2)13-7-11(9-21-13)15(19)17-16-8-12-5-6-14(20-12)18(3)4/h5-10H,1-4H3,(H,17,19)/b16-8-. The molecule has 0 fully saturated rings. The maximum absolute atomic E-state index is 11.9. The third-order valence-electron chi connectivity index (χ3n) is 2.86. The van der Waals surface area contributed by atoms with Gasteiger partial charge in [-0.3, -0.25) is 4.79 Å². The van der Waals surface area contributed by atoms with Crippen LogP contribution < -0.4 is 10.3 Å². The van der Waals surface area contributed by atoms with E-state index in [0.717, 1.165) is 5.88 Å². The molecule has 0 aliphatic carbocycles. The van der Waals surface area contributed by atoms with E-state index in [0.29, 0.717) is 17.2 Å². The fraction of sp³-hybridized carbons (Fsp3) is 0.333. The Kier molecular flexibility index (Phi) is 4.80. The molecular formula is C15H19N3O2S. The van der Waals surface area contributed by atoms with Crippen molar-refractivity contribution in [3.63, 3.8) is 0 Å². The SMILES string of the molecule is CC(C)c1cc(C(=O)N/N=C\c2ccc(N(C)C)o2)cs1. The second-order valence-electron chi connectivity index (χ2n) is 5.16. The van der Waals surface area contributed by atoms with Crippen LogP contribution in [0.3, 0.4) is 0 Å². The summed E-state index contributed by atoms with van der Waals surface area (Å²) in [6.07, 6.45) is 1.49. The molecule has 0 atom stereocenters. The van der Waals surface area contributed by atoms with Crippen molar-refractivity contribution in [2.24, 2.45) is 5.10 Å². The normalized spacial score (nSPS) is 11.3. The van der Waals surface area contributed by atoms with Crippen molar-refractivity contribution >= 4 is 29.3 Å². The van der Waals surface area contributed by atoms with E-state index in [1.807, 2.05) is 36.5 Å². The summed E-state index contributed by atoms with van der Waals surface area (Å²) in [6.45, 7) is 4.20. The first-order valence-corrected chi connectivity index (χ1v) is 7.54. The number of thiophene rings is 1. The average Bonchev–Trinajstić information content (AvgIpc) is 3.07. The number of anilines is 1. The molecule has 6 heteroatoms. The van der Waals surface area contributed by atoms with Crippen molar-refractivity contribution in [2.75, 3.05) is 19.0 Å². The predicted molar refractivity (Wildman–Crippen MR) is 86.5 cm³/mol. The van der Waals surface area contributed by atoms with Gasteiger partial charge in [0.05, 0.1) is 11.8 Å². The molecule has 0 spiro atoms. The number of hydrogen-bond acceptors (Lipinski definition) is 5. The minimum Gasteiger partial charge on any atom is -0.440 e. The van der Waals surface area contributed by atoms with Crippen LogP contribution in [-0.2, 0) is 0 Å². The summed E-state index contributed by atoms with van der Waals surface area (Å²) in [4.78, 5) is 15.0. The fourth-order valence-corrected chi connectivity index (χ4v) is 2.55. The number of hydrogen-bond donors (Lipinski definition) is 1. The number of carbonyl (C=O) groups is 1. The molecule has 2 aromatic rings. The number of amides is 1. The Hall–Kier alpha value is -2.08. The number of rotatable bonds is 5. The van der Waals surface area contributed by atoms with Crippen molar-refractivity contribution in [2.45, 2.75) is 19.8 Å². The summed E-state index contributed by atoms with van der Waals surface area (Å²) in [5.41, 5.74) is 3.14. The van der Waals surface area contributed by atoms with Gasteiger partial charge in [-0.05, 0) is 18.1 Å². The topological polar surface area (TPSA) is 57.8 Å². The molecule has 2 aromatic heterocycles. The molecule has 0 radical (unpaired) electrons.